The third kappa shape index (κ3) is 4.63. The number of pyridine rings is 1. The molecular weight excluding hydrogens is 322 g/mol. The Morgan fingerprint density at radius 3 is 2.12 bits per heavy atom. The van der Waals surface area contributed by atoms with Crippen LogP contribution in [0.4, 0.5) is 0 Å². The van der Waals surface area contributed by atoms with Gasteiger partial charge in [-0.25, -0.2) is 0 Å². The fourth-order valence-corrected chi connectivity index (χ4v) is 3.50. The maximum atomic E-state index is 10.5. The molecule has 0 amide bonds. The fourth-order valence-electron chi connectivity index (χ4n) is 3.50. The average molecular weight is 354 g/mol. The van der Waals surface area contributed by atoms with Crippen molar-refractivity contribution in [2.75, 3.05) is 26.2 Å². The van der Waals surface area contributed by atoms with Crippen LogP contribution >= 0.6 is 0 Å². The molecule has 1 aromatic heterocycles. The first-order chi connectivity index (χ1) is 12.3. The molecule has 0 saturated carbocycles. The van der Waals surface area contributed by atoms with Crippen molar-refractivity contribution in [2.45, 2.75) is 46.2 Å². The molecule has 140 valence electrons. The van der Waals surface area contributed by atoms with E-state index in [9.17, 15) is 5.11 Å². The summed E-state index contributed by atoms with van der Waals surface area (Å²) in [5, 5.41) is 10.5. The zero-order valence-corrected chi connectivity index (χ0v) is 16.5. The van der Waals surface area contributed by atoms with E-state index in [4.69, 9.17) is 0 Å². The van der Waals surface area contributed by atoms with Gasteiger partial charge >= 0.3 is 0 Å². The summed E-state index contributed by atoms with van der Waals surface area (Å²) in [6.45, 7) is 14.6. The van der Waals surface area contributed by atoms with Gasteiger partial charge in [0.05, 0.1) is 0 Å². The van der Waals surface area contributed by atoms with Crippen molar-refractivity contribution in [1.29, 1.82) is 0 Å². The summed E-state index contributed by atoms with van der Waals surface area (Å²) in [4.78, 5) is 9.02. The lowest BCUT2D eigenvalue weighted by atomic mass is 9.85. The number of benzene rings is 1. The predicted molar refractivity (Wildman–Crippen MR) is 106 cm³/mol. The van der Waals surface area contributed by atoms with Crippen LogP contribution in [0.5, 0.6) is 5.75 Å². The van der Waals surface area contributed by atoms with E-state index in [1.807, 2.05) is 19.3 Å². The minimum absolute atomic E-state index is 0.0937. The molecule has 0 radical (unpaired) electrons. The Bertz CT molecular complexity index is 729. The molecule has 0 spiro atoms. The highest BCUT2D eigenvalue weighted by Gasteiger charge is 2.21. The van der Waals surface area contributed by atoms with Crippen LogP contribution in [-0.4, -0.2) is 46.1 Å². The van der Waals surface area contributed by atoms with E-state index < -0.39 is 0 Å². The van der Waals surface area contributed by atoms with Gasteiger partial charge in [0.15, 0.2) is 0 Å². The van der Waals surface area contributed by atoms with E-state index in [1.54, 1.807) is 0 Å². The summed E-state index contributed by atoms with van der Waals surface area (Å²) in [7, 11) is 0. The summed E-state index contributed by atoms with van der Waals surface area (Å²) in [6.07, 6.45) is 3.72. The second kappa shape index (κ2) is 7.77. The molecule has 26 heavy (non-hydrogen) atoms. The number of rotatable bonds is 4. The van der Waals surface area contributed by atoms with Crippen molar-refractivity contribution >= 4 is 0 Å². The van der Waals surface area contributed by atoms with Gasteiger partial charge in [0.1, 0.15) is 5.75 Å². The molecule has 3 rings (SSSR count). The summed E-state index contributed by atoms with van der Waals surface area (Å²) in [6, 6.07) is 8.48. The van der Waals surface area contributed by atoms with Crippen molar-refractivity contribution in [3.63, 3.8) is 0 Å². The molecule has 1 N–H and O–H groups in total. The van der Waals surface area contributed by atoms with E-state index in [-0.39, 0.29) is 5.41 Å². The number of nitrogens with zero attached hydrogens (tertiary/aromatic N) is 3. The first kappa shape index (κ1) is 18.9. The van der Waals surface area contributed by atoms with Crippen LogP contribution in [0.3, 0.4) is 0 Å². The first-order valence-corrected chi connectivity index (χ1v) is 9.49. The Morgan fingerprint density at radius 1 is 0.962 bits per heavy atom. The van der Waals surface area contributed by atoms with Gasteiger partial charge in [-0.05, 0) is 41.2 Å². The summed E-state index contributed by atoms with van der Waals surface area (Å²) in [5.41, 5.74) is 4.73. The molecule has 1 aliphatic rings. The number of piperazine rings is 1. The normalized spacial score (nSPS) is 16.8. The number of hydrogen-bond donors (Lipinski definition) is 1. The quantitative estimate of drug-likeness (QED) is 0.909. The zero-order valence-electron chi connectivity index (χ0n) is 16.5. The smallest absolute Gasteiger partial charge is 0.122 e. The molecule has 2 aromatic rings. The Morgan fingerprint density at radius 2 is 1.54 bits per heavy atom. The standard InChI is InChI=1S/C22H31N3O/c1-17-13-20(22(2,3)4)14-19(21(17)26)16-25-11-9-24(10-12-25)15-18-5-7-23-8-6-18/h5-8,13-14,26H,9-12,15-16H2,1-4H3. The third-order valence-electron chi connectivity index (χ3n) is 5.26. The first-order valence-electron chi connectivity index (χ1n) is 9.49. The molecule has 2 heterocycles. The van der Waals surface area contributed by atoms with Gasteiger partial charge in [-0.2, -0.15) is 0 Å². The van der Waals surface area contributed by atoms with Gasteiger partial charge in [-0.1, -0.05) is 32.9 Å². The predicted octanol–water partition coefficient (Wildman–Crippen LogP) is 3.71. The summed E-state index contributed by atoms with van der Waals surface area (Å²) in [5.74, 6) is 0.456. The highest BCUT2D eigenvalue weighted by Crippen LogP contribution is 2.31. The van der Waals surface area contributed by atoms with Gasteiger partial charge in [0.2, 0.25) is 0 Å². The SMILES string of the molecule is Cc1cc(C(C)(C)C)cc(CN2CCN(Cc3ccncc3)CC2)c1O. The molecule has 0 unspecified atom stereocenters. The van der Waals surface area contributed by atoms with Gasteiger partial charge < -0.3 is 5.11 Å². The molecule has 1 saturated heterocycles. The third-order valence-corrected chi connectivity index (χ3v) is 5.26. The summed E-state index contributed by atoms with van der Waals surface area (Å²) >= 11 is 0. The Balaban J connectivity index is 1.62. The van der Waals surface area contributed by atoms with E-state index >= 15 is 0 Å². The van der Waals surface area contributed by atoms with E-state index in [2.05, 4.69) is 59.8 Å². The lowest BCUT2D eigenvalue weighted by Crippen LogP contribution is -2.45. The van der Waals surface area contributed by atoms with Crippen molar-refractivity contribution in [3.8, 4) is 5.75 Å². The van der Waals surface area contributed by atoms with Gasteiger partial charge in [-0.3, -0.25) is 14.8 Å². The minimum atomic E-state index is 0.0937. The maximum absolute atomic E-state index is 10.5. The van der Waals surface area contributed by atoms with E-state index in [1.165, 1.54) is 11.1 Å². The second-order valence-corrected chi connectivity index (χ2v) is 8.46. The van der Waals surface area contributed by atoms with Crippen molar-refractivity contribution in [1.82, 2.24) is 14.8 Å². The van der Waals surface area contributed by atoms with Crippen LogP contribution in [0, 0.1) is 6.92 Å². The lowest BCUT2D eigenvalue weighted by molar-refractivity contribution is 0.121. The second-order valence-electron chi connectivity index (χ2n) is 8.46. The summed E-state index contributed by atoms with van der Waals surface area (Å²) < 4.78 is 0. The lowest BCUT2D eigenvalue weighted by Gasteiger charge is -2.35. The average Bonchev–Trinajstić information content (AvgIpc) is 2.60. The van der Waals surface area contributed by atoms with Crippen LogP contribution in [0.1, 0.15) is 43.0 Å². The van der Waals surface area contributed by atoms with Gasteiger partial charge in [0.25, 0.3) is 0 Å². The molecule has 4 heteroatoms. The molecule has 1 aliphatic heterocycles. The van der Waals surface area contributed by atoms with Crippen LogP contribution in [-0.2, 0) is 18.5 Å². The van der Waals surface area contributed by atoms with Crippen molar-refractivity contribution in [3.05, 3.63) is 58.9 Å². The Labute approximate surface area is 157 Å². The van der Waals surface area contributed by atoms with Crippen LogP contribution < -0.4 is 0 Å². The number of aromatic nitrogens is 1. The van der Waals surface area contributed by atoms with E-state index in [0.29, 0.717) is 5.75 Å². The molecular formula is C22H31N3O. The van der Waals surface area contributed by atoms with Crippen LogP contribution in [0.25, 0.3) is 0 Å². The largest absolute Gasteiger partial charge is 0.507 e. The highest BCUT2D eigenvalue weighted by atomic mass is 16.3. The molecule has 0 atom stereocenters. The minimum Gasteiger partial charge on any atom is -0.507 e. The van der Waals surface area contributed by atoms with Crippen LogP contribution in [0.15, 0.2) is 36.7 Å². The number of hydrogen-bond acceptors (Lipinski definition) is 4. The van der Waals surface area contributed by atoms with Gasteiger partial charge in [0, 0.05) is 57.2 Å². The molecule has 0 aliphatic carbocycles. The zero-order chi connectivity index (χ0) is 18.7. The maximum Gasteiger partial charge on any atom is 0.122 e. The monoisotopic (exact) mass is 353 g/mol. The van der Waals surface area contributed by atoms with Crippen molar-refractivity contribution in [2.24, 2.45) is 0 Å². The number of aromatic hydroxyl groups is 1. The van der Waals surface area contributed by atoms with Crippen LogP contribution in [0.2, 0.25) is 0 Å². The van der Waals surface area contributed by atoms with Gasteiger partial charge in [-0.15, -0.1) is 0 Å². The number of phenolic OH excluding ortho intramolecular Hbond substituents is 1. The molecule has 4 nitrogen and oxygen atoms in total. The van der Waals surface area contributed by atoms with E-state index in [0.717, 1.165) is 50.4 Å². The Kier molecular flexibility index (Phi) is 5.64. The highest BCUT2D eigenvalue weighted by molar-refractivity contribution is 5.45. The molecule has 0 bridgehead atoms. The molecule has 1 fully saturated rings. The Hall–Kier alpha value is -1.91. The fraction of sp³-hybridized carbons (Fsp3) is 0.500. The topological polar surface area (TPSA) is 39.6 Å². The number of aryl methyl sites for hydroxylation is 1. The number of phenols is 1. The molecule has 1 aromatic carbocycles. The van der Waals surface area contributed by atoms with Crippen molar-refractivity contribution < 1.29 is 5.11 Å².